The summed E-state index contributed by atoms with van der Waals surface area (Å²) >= 11 is 1.32. The van der Waals surface area contributed by atoms with Crippen molar-refractivity contribution < 1.29 is 9.90 Å². The number of carboxylic acid groups (broad SMARTS) is 1. The minimum absolute atomic E-state index is 0.0789. The van der Waals surface area contributed by atoms with E-state index in [1.54, 1.807) is 0 Å². The van der Waals surface area contributed by atoms with E-state index >= 15 is 0 Å². The fraction of sp³-hybridized carbons (Fsp3) is 0.714. The van der Waals surface area contributed by atoms with E-state index in [1.807, 2.05) is 6.20 Å². The molecule has 0 amide bonds. The number of imidazole rings is 1. The number of rotatable bonds is 6. The summed E-state index contributed by atoms with van der Waals surface area (Å²) in [6.45, 7) is 5.30. The first-order chi connectivity index (χ1) is 9.06. The molecule has 0 bridgehead atoms. The van der Waals surface area contributed by atoms with E-state index < -0.39 is 5.97 Å². The molecule has 0 aromatic carbocycles. The van der Waals surface area contributed by atoms with Crippen LogP contribution in [0.15, 0.2) is 11.4 Å². The minimum Gasteiger partial charge on any atom is -0.481 e. The highest BCUT2D eigenvalue weighted by atomic mass is 32.2. The number of nitrogens with zero attached hydrogens (tertiary/aromatic N) is 2. The van der Waals surface area contributed by atoms with Crippen molar-refractivity contribution in [1.82, 2.24) is 9.55 Å². The molecule has 19 heavy (non-hydrogen) atoms. The zero-order valence-corrected chi connectivity index (χ0v) is 12.5. The molecule has 0 spiro atoms. The van der Waals surface area contributed by atoms with Gasteiger partial charge in [0.2, 0.25) is 0 Å². The average Bonchev–Trinajstić information content (AvgIpc) is 2.97. The molecule has 1 aromatic heterocycles. The van der Waals surface area contributed by atoms with Gasteiger partial charge in [0.1, 0.15) is 0 Å². The molecule has 0 aliphatic heterocycles. The van der Waals surface area contributed by atoms with Gasteiger partial charge in [-0.25, -0.2) is 4.98 Å². The standard InChI is InChI=1S/C14H22N2O2S/c1-3-14(6-4-5-7-14)10-16-11(2)8-15-13(16)19-9-12(17)18/h8H,3-7,9-10H2,1-2H3,(H,17,18). The summed E-state index contributed by atoms with van der Waals surface area (Å²) < 4.78 is 2.21. The van der Waals surface area contributed by atoms with Crippen LogP contribution in [-0.4, -0.2) is 26.4 Å². The first kappa shape index (κ1) is 14.4. The van der Waals surface area contributed by atoms with Gasteiger partial charge in [-0.2, -0.15) is 0 Å². The summed E-state index contributed by atoms with van der Waals surface area (Å²) in [4.78, 5) is 15.1. The van der Waals surface area contributed by atoms with Gasteiger partial charge in [0.05, 0.1) is 5.75 Å². The Hall–Kier alpha value is -0.970. The number of carboxylic acids is 1. The van der Waals surface area contributed by atoms with Crippen LogP contribution < -0.4 is 0 Å². The topological polar surface area (TPSA) is 55.1 Å². The van der Waals surface area contributed by atoms with Crippen molar-refractivity contribution >= 4 is 17.7 Å². The fourth-order valence-corrected chi connectivity index (χ4v) is 3.70. The van der Waals surface area contributed by atoms with E-state index in [0.717, 1.165) is 17.4 Å². The van der Waals surface area contributed by atoms with E-state index in [4.69, 9.17) is 5.11 Å². The Bertz CT molecular complexity index is 450. The third-order valence-electron chi connectivity index (χ3n) is 4.25. The van der Waals surface area contributed by atoms with Crippen molar-refractivity contribution in [3.8, 4) is 0 Å². The van der Waals surface area contributed by atoms with Crippen LogP contribution in [0.1, 0.15) is 44.7 Å². The van der Waals surface area contributed by atoms with Crippen LogP contribution in [0.4, 0.5) is 0 Å². The van der Waals surface area contributed by atoms with Crippen LogP contribution in [0.3, 0.4) is 0 Å². The van der Waals surface area contributed by atoms with Gasteiger partial charge in [0.25, 0.3) is 0 Å². The van der Waals surface area contributed by atoms with Gasteiger partial charge in [-0.05, 0) is 31.6 Å². The molecule has 0 saturated heterocycles. The normalized spacial score (nSPS) is 17.8. The third-order valence-corrected chi connectivity index (χ3v) is 5.23. The molecule has 2 rings (SSSR count). The zero-order chi connectivity index (χ0) is 13.9. The second-order valence-corrected chi connectivity index (χ2v) is 6.45. The molecule has 0 radical (unpaired) electrons. The Labute approximate surface area is 118 Å². The predicted molar refractivity (Wildman–Crippen MR) is 76.5 cm³/mol. The van der Waals surface area contributed by atoms with Crippen LogP contribution in [-0.2, 0) is 11.3 Å². The molecule has 5 heteroatoms. The van der Waals surface area contributed by atoms with E-state index in [9.17, 15) is 4.79 Å². The summed E-state index contributed by atoms with van der Waals surface area (Å²) in [6.07, 6.45) is 8.24. The third kappa shape index (κ3) is 3.32. The Morgan fingerprint density at radius 1 is 1.53 bits per heavy atom. The van der Waals surface area contributed by atoms with E-state index in [2.05, 4.69) is 23.4 Å². The molecule has 1 fully saturated rings. The Balaban J connectivity index is 2.14. The molecule has 1 aliphatic carbocycles. The fourth-order valence-electron chi connectivity index (χ4n) is 2.96. The van der Waals surface area contributed by atoms with Gasteiger partial charge in [-0.3, -0.25) is 4.79 Å². The van der Waals surface area contributed by atoms with Crippen molar-refractivity contribution in [3.05, 3.63) is 11.9 Å². The van der Waals surface area contributed by atoms with Crippen LogP contribution in [0.5, 0.6) is 0 Å². The van der Waals surface area contributed by atoms with Crippen molar-refractivity contribution in [2.45, 2.75) is 57.7 Å². The first-order valence-corrected chi connectivity index (χ1v) is 7.91. The van der Waals surface area contributed by atoms with Gasteiger partial charge >= 0.3 is 5.97 Å². The predicted octanol–water partition coefficient (Wildman–Crippen LogP) is 3.34. The van der Waals surface area contributed by atoms with Crippen molar-refractivity contribution in [2.75, 3.05) is 5.75 Å². The molecule has 106 valence electrons. The monoisotopic (exact) mass is 282 g/mol. The molecule has 1 N–H and O–H groups in total. The molecule has 1 saturated carbocycles. The summed E-state index contributed by atoms with van der Waals surface area (Å²) in [5.74, 6) is -0.710. The maximum atomic E-state index is 10.7. The zero-order valence-electron chi connectivity index (χ0n) is 11.7. The molecular weight excluding hydrogens is 260 g/mol. The summed E-state index contributed by atoms with van der Waals surface area (Å²) in [6, 6.07) is 0. The van der Waals surface area contributed by atoms with E-state index in [-0.39, 0.29) is 5.75 Å². The summed E-state index contributed by atoms with van der Waals surface area (Å²) in [5, 5.41) is 9.64. The molecule has 4 nitrogen and oxygen atoms in total. The number of aliphatic carboxylic acids is 1. The number of thioether (sulfide) groups is 1. The smallest absolute Gasteiger partial charge is 0.313 e. The second-order valence-electron chi connectivity index (χ2n) is 5.51. The van der Waals surface area contributed by atoms with Crippen molar-refractivity contribution in [1.29, 1.82) is 0 Å². The minimum atomic E-state index is -0.789. The lowest BCUT2D eigenvalue weighted by Crippen LogP contribution is -2.24. The maximum Gasteiger partial charge on any atom is 0.313 e. The van der Waals surface area contributed by atoms with Gasteiger partial charge < -0.3 is 9.67 Å². The molecule has 1 aliphatic rings. The van der Waals surface area contributed by atoms with E-state index in [0.29, 0.717) is 5.41 Å². The molecular formula is C14H22N2O2S. The summed E-state index contributed by atoms with van der Waals surface area (Å²) in [5.41, 5.74) is 1.52. The lowest BCUT2D eigenvalue weighted by molar-refractivity contribution is -0.133. The second kappa shape index (κ2) is 5.99. The lowest BCUT2D eigenvalue weighted by atomic mass is 9.83. The van der Waals surface area contributed by atoms with E-state index in [1.165, 1.54) is 43.9 Å². The van der Waals surface area contributed by atoms with Crippen LogP contribution in [0, 0.1) is 12.3 Å². The summed E-state index contributed by atoms with van der Waals surface area (Å²) in [7, 11) is 0. The number of carbonyl (C=O) groups is 1. The van der Waals surface area contributed by atoms with Crippen molar-refractivity contribution in [2.24, 2.45) is 5.41 Å². The molecule has 0 unspecified atom stereocenters. The van der Waals surface area contributed by atoms with Gasteiger partial charge in [-0.15, -0.1) is 0 Å². The molecule has 0 atom stereocenters. The highest BCUT2D eigenvalue weighted by Crippen LogP contribution is 2.43. The van der Waals surface area contributed by atoms with Gasteiger partial charge in [0, 0.05) is 18.4 Å². The SMILES string of the molecule is CCC1(Cn2c(C)cnc2SCC(=O)O)CCCC1. The van der Waals surface area contributed by atoms with Crippen LogP contribution >= 0.6 is 11.8 Å². The number of hydrogen-bond donors (Lipinski definition) is 1. The molecule has 1 heterocycles. The molecule has 1 aromatic rings. The average molecular weight is 282 g/mol. The largest absolute Gasteiger partial charge is 0.481 e. The highest BCUT2D eigenvalue weighted by molar-refractivity contribution is 7.99. The van der Waals surface area contributed by atoms with Crippen molar-refractivity contribution in [3.63, 3.8) is 0 Å². The Morgan fingerprint density at radius 2 is 2.21 bits per heavy atom. The lowest BCUT2D eigenvalue weighted by Gasteiger charge is -2.29. The maximum absolute atomic E-state index is 10.7. The number of aryl methyl sites for hydroxylation is 1. The number of hydrogen-bond acceptors (Lipinski definition) is 3. The van der Waals surface area contributed by atoms with Gasteiger partial charge in [-0.1, -0.05) is 31.5 Å². The Kier molecular flexibility index (Phi) is 4.55. The Morgan fingerprint density at radius 3 is 2.79 bits per heavy atom. The van der Waals surface area contributed by atoms with Crippen LogP contribution in [0.2, 0.25) is 0 Å². The highest BCUT2D eigenvalue weighted by Gasteiger charge is 2.33. The van der Waals surface area contributed by atoms with Crippen LogP contribution in [0.25, 0.3) is 0 Å². The number of aromatic nitrogens is 2. The first-order valence-electron chi connectivity index (χ1n) is 6.93. The quantitative estimate of drug-likeness (QED) is 0.813. The van der Waals surface area contributed by atoms with Gasteiger partial charge in [0.15, 0.2) is 5.16 Å².